The maximum absolute atomic E-state index is 4.43. The number of benzene rings is 1. The summed E-state index contributed by atoms with van der Waals surface area (Å²) in [5, 5.41) is 4.39. The molecule has 0 fully saturated rings. The first-order valence-electron chi connectivity index (χ1n) is 5.21. The molecule has 0 aliphatic heterocycles. The van der Waals surface area contributed by atoms with Crippen LogP contribution >= 0.6 is 27.3 Å². The van der Waals surface area contributed by atoms with Gasteiger partial charge in [0.05, 0.1) is 0 Å². The van der Waals surface area contributed by atoms with Gasteiger partial charge in [-0.3, -0.25) is 0 Å². The number of hydrogen-bond acceptors (Lipinski definition) is 3. The predicted molar refractivity (Wildman–Crippen MR) is 72.6 cm³/mol. The van der Waals surface area contributed by atoms with Gasteiger partial charge < -0.3 is 5.32 Å². The van der Waals surface area contributed by atoms with Gasteiger partial charge in [-0.15, -0.1) is 11.3 Å². The van der Waals surface area contributed by atoms with E-state index in [4.69, 9.17) is 0 Å². The Labute approximate surface area is 108 Å². The van der Waals surface area contributed by atoms with Crippen LogP contribution in [0.25, 0.3) is 10.6 Å². The van der Waals surface area contributed by atoms with E-state index in [9.17, 15) is 0 Å². The fourth-order valence-electron chi connectivity index (χ4n) is 1.36. The van der Waals surface area contributed by atoms with Gasteiger partial charge in [0, 0.05) is 27.7 Å². The lowest BCUT2D eigenvalue weighted by Crippen LogP contribution is -2.10. The number of rotatable bonds is 4. The fourth-order valence-corrected chi connectivity index (χ4v) is 2.52. The van der Waals surface area contributed by atoms with E-state index in [0.29, 0.717) is 0 Å². The minimum Gasteiger partial charge on any atom is -0.312 e. The Morgan fingerprint density at radius 2 is 2.06 bits per heavy atom. The standard InChI is InChI=1S/C12H13BrN2S/c1-2-14-7-11-8-15-12(16-11)9-3-5-10(13)6-4-9/h3-6,8,14H,2,7H2,1H3. The van der Waals surface area contributed by atoms with E-state index in [1.165, 1.54) is 10.4 Å². The van der Waals surface area contributed by atoms with Crippen LogP contribution in [0.3, 0.4) is 0 Å². The lowest BCUT2D eigenvalue weighted by Gasteiger charge is -1.96. The minimum atomic E-state index is 0.907. The van der Waals surface area contributed by atoms with Crippen LogP contribution in [0.5, 0.6) is 0 Å². The first kappa shape index (κ1) is 11.8. The molecule has 1 aromatic carbocycles. The third-order valence-electron chi connectivity index (χ3n) is 2.19. The molecule has 0 unspecified atom stereocenters. The molecule has 0 amide bonds. The summed E-state index contributed by atoms with van der Waals surface area (Å²) in [5.41, 5.74) is 1.18. The van der Waals surface area contributed by atoms with Crippen LogP contribution in [0, 0.1) is 0 Å². The molecule has 0 atom stereocenters. The average Bonchev–Trinajstić information content (AvgIpc) is 2.76. The Morgan fingerprint density at radius 3 is 2.75 bits per heavy atom. The molecule has 2 nitrogen and oxygen atoms in total. The van der Waals surface area contributed by atoms with Crippen molar-refractivity contribution < 1.29 is 0 Å². The van der Waals surface area contributed by atoms with Gasteiger partial charge in [-0.2, -0.15) is 0 Å². The molecule has 0 aliphatic carbocycles. The van der Waals surface area contributed by atoms with Crippen LogP contribution in [0.2, 0.25) is 0 Å². The summed E-state index contributed by atoms with van der Waals surface area (Å²) in [6.07, 6.45) is 1.95. The molecule has 2 rings (SSSR count). The molecule has 1 aromatic heterocycles. The van der Waals surface area contributed by atoms with Crippen molar-refractivity contribution in [1.29, 1.82) is 0 Å². The monoisotopic (exact) mass is 296 g/mol. The van der Waals surface area contributed by atoms with Crippen LogP contribution in [-0.4, -0.2) is 11.5 Å². The van der Waals surface area contributed by atoms with Crippen LogP contribution in [0.4, 0.5) is 0 Å². The summed E-state index contributed by atoms with van der Waals surface area (Å²) >= 11 is 5.17. The van der Waals surface area contributed by atoms with Gasteiger partial charge in [-0.1, -0.05) is 35.0 Å². The van der Waals surface area contributed by atoms with E-state index in [-0.39, 0.29) is 0 Å². The maximum Gasteiger partial charge on any atom is 0.123 e. The van der Waals surface area contributed by atoms with E-state index in [1.54, 1.807) is 11.3 Å². The number of nitrogens with one attached hydrogen (secondary N) is 1. The number of aromatic nitrogens is 1. The molecule has 1 heterocycles. The van der Waals surface area contributed by atoms with E-state index < -0.39 is 0 Å². The molecule has 0 spiro atoms. The molecule has 0 saturated heterocycles. The van der Waals surface area contributed by atoms with E-state index in [1.807, 2.05) is 18.3 Å². The highest BCUT2D eigenvalue weighted by Crippen LogP contribution is 2.26. The Kier molecular flexibility index (Phi) is 4.09. The highest BCUT2D eigenvalue weighted by molar-refractivity contribution is 9.10. The third-order valence-corrected chi connectivity index (χ3v) is 3.77. The molecule has 1 N–H and O–H groups in total. The smallest absolute Gasteiger partial charge is 0.123 e. The molecular formula is C12H13BrN2S. The number of nitrogens with zero attached hydrogens (tertiary/aromatic N) is 1. The predicted octanol–water partition coefficient (Wildman–Crippen LogP) is 3.68. The summed E-state index contributed by atoms with van der Waals surface area (Å²) < 4.78 is 1.10. The first-order chi connectivity index (χ1) is 7.79. The van der Waals surface area contributed by atoms with E-state index in [0.717, 1.165) is 22.6 Å². The van der Waals surface area contributed by atoms with E-state index in [2.05, 4.69) is 45.3 Å². The second-order valence-electron chi connectivity index (χ2n) is 3.42. The molecule has 0 bridgehead atoms. The summed E-state index contributed by atoms with van der Waals surface area (Å²) in [5.74, 6) is 0. The van der Waals surface area contributed by atoms with Crippen LogP contribution in [0.1, 0.15) is 11.8 Å². The quantitative estimate of drug-likeness (QED) is 0.931. The molecular weight excluding hydrogens is 284 g/mol. The molecule has 0 radical (unpaired) electrons. The average molecular weight is 297 g/mol. The van der Waals surface area contributed by atoms with Crippen molar-refractivity contribution in [3.05, 3.63) is 39.8 Å². The van der Waals surface area contributed by atoms with Crippen LogP contribution in [-0.2, 0) is 6.54 Å². The normalized spacial score (nSPS) is 10.6. The van der Waals surface area contributed by atoms with Gasteiger partial charge in [-0.05, 0) is 18.7 Å². The lowest BCUT2D eigenvalue weighted by molar-refractivity contribution is 0.734. The summed E-state index contributed by atoms with van der Waals surface area (Å²) in [6.45, 7) is 4.01. The Morgan fingerprint density at radius 1 is 1.31 bits per heavy atom. The summed E-state index contributed by atoms with van der Waals surface area (Å²) in [6, 6.07) is 8.25. The summed E-state index contributed by atoms with van der Waals surface area (Å²) in [4.78, 5) is 5.71. The molecule has 0 saturated carbocycles. The van der Waals surface area contributed by atoms with Gasteiger partial charge >= 0.3 is 0 Å². The van der Waals surface area contributed by atoms with Crippen molar-refractivity contribution >= 4 is 27.3 Å². The minimum absolute atomic E-state index is 0.907. The Balaban J connectivity index is 2.15. The van der Waals surface area contributed by atoms with Crippen molar-refractivity contribution in [2.24, 2.45) is 0 Å². The highest BCUT2D eigenvalue weighted by atomic mass is 79.9. The fraction of sp³-hybridized carbons (Fsp3) is 0.250. The van der Waals surface area contributed by atoms with Crippen molar-refractivity contribution in [1.82, 2.24) is 10.3 Å². The van der Waals surface area contributed by atoms with Crippen molar-refractivity contribution in [3.63, 3.8) is 0 Å². The van der Waals surface area contributed by atoms with Crippen molar-refractivity contribution in [2.75, 3.05) is 6.54 Å². The molecule has 84 valence electrons. The second kappa shape index (κ2) is 5.57. The Hall–Kier alpha value is -0.710. The summed E-state index contributed by atoms with van der Waals surface area (Å²) in [7, 11) is 0. The van der Waals surface area contributed by atoms with Crippen LogP contribution in [0.15, 0.2) is 34.9 Å². The number of thiazole rings is 1. The molecule has 16 heavy (non-hydrogen) atoms. The van der Waals surface area contributed by atoms with Gasteiger partial charge in [0.2, 0.25) is 0 Å². The van der Waals surface area contributed by atoms with Gasteiger partial charge in [0.15, 0.2) is 0 Å². The SMILES string of the molecule is CCNCc1cnc(-c2ccc(Br)cc2)s1. The molecule has 0 aliphatic rings. The van der Waals surface area contributed by atoms with E-state index >= 15 is 0 Å². The zero-order valence-electron chi connectivity index (χ0n) is 9.03. The largest absolute Gasteiger partial charge is 0.312 e. The van der Waals surface area contributed by atoms with Crippen LogP contribution < -0.4 is 5.32 Å². The van der Waals surface area contributed by atoms with Gasteiger partial charge in [0.1, 0.15) is 5.01 Å². The lowest BCUT2D eigenvalue weighted by atomic mass is 10.2. The number of hydrogen-bond donors (Lipinski definition) is 1. The maximum atomic E-state index is 4.43. The third kappa shape index (κ3) is 2.90. The topological polar surface area (TPSA) is 24.9 Å². The van der Waals surface area contributed by atoms with Crippen molar-refractivity contribution in [2.45, 2.75) is 13.5 Å². The second-order valence-corrected chi connectivity index (χ2v) is 5.45. The molecule has 2 aromatic rings. The zero-order chi connectivity index (χ0) is 11.4. The first-order valence-corrected chi connectivity index (χ1v) is 6.82. The van der Waals surface area contributed by atoms with Gasteiger partial charge in [0.25, 0.3) is 0 Å². The highest BCUT2D eigenvalue weighted by Gasteiger charge is 2.03. The zero-order valence-corrected chi connectivity index (χ0v) is 11.4. The Bertz CT molecular complexity index is 450. The number of halogens is 1. The molecule has 4 heteroatoms. The van der Waals surface area contributed by atoms with Gasteiger partial charge in [-0.25, -0.2) is 4.98 Å². The van der Waals surface area contributed by atoms with Crippen molar-refractivity contribution in [3.8, 4) is 10.6 Å².